The number of nitrogens with zero attached hydrogens (tertiary/aromatic N) is 1. The number of rotatable bonds is 6. The van der Waals surface area contributed by atoms with Crippen LogP contribution in [0.5, 0.6) is 0 Å². The first-order valence-corrected chi connectivity index (χ1v) is 6.09. The van der Waals surface area contributed by atoms with E-state index in [9.17, 15) is 0 Å². The lowest BCUT2D eigenvalue weighted by Crippen LogP contribution is -2.31. The standard InChI is InChI=1S/C14H24N2/c1-5-13(10-15-3)11-16(4)14-8-6-7-12(2)9-14/h6-9,13,15H,5,10-11H2,1-4H3. The van der Waals surface area contributed by atoms with Crippen LogP contribution in [0.4, 0.5) is 5.69 Å². The number of benzene rings is 1. The second-order valence-electron chi connectivity index (χ2n) is 4.55. The first kappa shape index (κ1) is 13.0. The minimum absolute atomic E-state index is 0.718. The van der Waals surface area contributed by atoms with Crippen LogP contribution in [-0.2, 0) is 0 Å². The topological polar surface area (TPSA) is 15.3 Å². The molecule has 2 heteroatoms. The number of hydrogen-bond acceptors (Lipinski definition) is 2. The van der Waals surface area contributed by atoms with Gasteiger partial charge in [0.15, 0.2) is 0 Å². The Morgan fingerprint density at radius 1 is 1.38 bits per heavy atom. The van der Waals surface area contributed by atoms with Crippen molar-refractivity contribution in [3.8, 4) is 0 Å². The summed E-state index contributed by atoms with van der Waals surface area (Å²) in [4.78, 5) is 2.35. The van der Waals surface area contributed by atoms with Gasteiger partial charge in [-0.15, -0.1) is 0 Å². The van der Waals surface area contributed by atoms with Gasteiger partial charge in [-0.2, -0.15) is 0 Å². The number of nitrogens with one attached hydrogen (secondary N) is 1. The Kier molecular flexibility index (Phi) is 5.33. The highest BCUT2D eigenvalue weighted by Crippen LogP contribution is 2.16. The van der Waals surface area contributed by atoms with E-state index in [1.807, 2.05) is 7.05 Å². The normalized spacial score (nSPS) is 12.5. The maximum atomic E-state index is 3.26. The van der Waals surface area contributed by atoms with Crippen LogP contribution in [0.1, 0.15) is 18.9 Å². The zero-order chi connectivity index (χ0) is 12.0. The Labute approximate surface area is 99.7 Å². The lowest BCUT2D eigenvalue weighted by molar-refractivity contribution is 0.485. The third kappa shape index (κ3) is 3.86. The molecule has 0 aromatic heterocycles. The molecular formula is C14H24N2. The van der Waals surface area contributed by atoms with Crippen molar-refractivity contribution in [2.75, 3.05) is 32.1 Å². The first-order chi connectivity index (χ1) is 7.67. The number of aryl methyl sites for hydroxylation is 1. The Bertz CT molecular complexity index is 309. The predicted molar refractivity (Wildman–Crippen MR) is 72.2 cm³/mol. The highest BCUT2D eigenvalue weighted by Gasteiger charge is 2.09. The quantitative estimate of drug-likeness (QED) is 0.793. The zero-order valence-electron chi connectivity index (χ0n) is 11.0. The Morgan fingerprint density at radius 3 is 2.69 bits per heavy atom. The molecule has 90 valence electrons. The van der Waals surface area contributed by atoms with Crippen molar-refractivity contribution < 1.29 is 0 Å². The molecular weight excluding hydrogens is 196 g/mol. The lowest BCUT2D eigenvalue weighted by Gasteiger charge is -2.25. The zero-order valence-corrected chi connectivity index (χ0v) is 11.0. The van der Waals surface area contributed by atoms with E-state index in [1.165, 1.54) is 17.7 Å². The van der Waals surface area contributed by atoms with Crippen LogP contribution in [0.15, 0.2) is 24.3 Å². The number of hydrogen-bond donors (Lipinski definition) is 1. The van der Waals surface area contributed by atoms with Crippen molar-refractivity contribution >= 4 is 5.69 Å². The van der Waals surface area contributed by atoms with Crippen molar-refractivity contribution in [1.29, 1.82) is 0 Å². The average Bonchev–Trinajstić information content (AvgIpc) is 2.28. The molecule has 0 heterocycles. The van der Waals surface area contributed by atoms with Crippen LogP contribution in [0.25, 0.3) is 0 Å². The second-order valence-corrected chi connectivity index (χ2v) is 4.55. The maximum absolute atomic E-state index is 3.26. The Morgan fingerprint density at radius 2 is 2.12 bits per heavy atom. The number of anilines is 1. The van der Waals surface area contributed by atoms with E-state index in [-0.39, 0.29) is 0 Å². The van der Waals surface area contributed by atoms with Gasteiger partial charge >= 0.3 is 0 Å². The van der Waals surface area contributed by atoms with E-state index in [0.717, 1.165) is 19.0 Å². The molecule has 2 nitrogen and oxygen atoms in total. The van der Waals surface area contributed by atoms with Crippen molar-refractivity contribution in [3.63, 3.8) is 0 Å². The third-order valence-corrected chi connectivity index (χ3v) is 3.04. The summed E-state index contributed by atoms with van der Waals surface area (Å²) in [6.45, 7) is 6.60. The molecule has 16 heavy (non-hydrogen) atoms. The predicted octanol–water partition coefficient (Wildman–Crippen LogP) is 2.68. The van der Waals surface area contributed by atoms with Gasteiger partial charge < -0.3 is 10.2 Å². The molecule has 1 aromatic carbocycles. The highest BCUT2D eigenvalue weighted by atomic mass is 15.1. The minimum atomic E-state index is 0.718. The van der Waals surface area contributed by atoms with Crippen LogP contribution in [0.3, 0.4) is 0 Å². The molecule has 0 fully saturated rings. The van der Waals surface area contributed by atoms with Crippen molar-refractivity contribution in [2.24, 2.45) is 5.92 Å². The molecule has 1 rings (SSSR count). The van der Waals surface area contributed by atoms with Crippen molar-refractivity contribution in [2.45, 2.75) is 20.3 Å². The van der Waals surface area contributed by atoms with Crippen molar-refractivity contribution in [1.82, 2.24) is 5.32 Å². The van der Waals surface area contributed by atoms with Gasteiger partial charge in [-0.3, -0.25) is 0 Å². The van der Waals surface area contributed by atoms with E-state index in [2.05, 4.69) is 55.4 Å². The summed E-state index contributed by atoms with van der Waals surface area (Å²) in [5.41, 5.74) is 2.64. The maximum Gasteiger partial charge on any atom is 0.0366 e. The van der Waals surface area contributed by atoms with E-state index < -0.39 is 0 Å². The summed E-state index contributed by atoms with van der Waals surface area (Å²) in [6.07, 6.45) is 1.22. The van der Waals surface area contributed by atoms with Gasteiger partial charge in [-0.05, 0) is 44.1 Å². The molecule has 0 amide bonds. The van der Waals surface area contributed by atoms with E-state index in [0.29, 0.717) is 0 Å². The first-order valence-electron chi connectivity index (χ1n) is 6.09. The van der Waals surface area contributed by atoms with Crippen LogP contribution in [0.2, 0.25) is 0 Å². The van der Waals surface area contributed by atoms with Gasteiger partial charge in [-0.1, -0.05) is 25.5 Å². The fourth-order valence-electron chi connectivity index (χ4n) is 1.98. The summed E-state index contributed by atoms with van der Waals surface area (Å²) in [5, 5.41) is 3.26. The molecule has 0 radical (unpaired) electrons. The fraction of sp³-hybridized carbons (Fsp3) is 0.571. The van der Waals surface area contributed by atoms with Gasteiger partial charge in [0.05, 0.1) is 0 Å². The van der Waals surface area contributed by atoms with Gasteiger partial charge in [0.25, 0.3) is 0 Å². The van der Waals surface area contributed by atoms with E-state index >= 15 is 0 Å². The van der Waals surface area contributed by atoms with Crippen LogP contribution >= 0.6 is 0 Å². The third-order valence-electron chi connectivity index (χ3n) is 3.04. The van der Waals surface area contributed by atoms with Crippen molar-refractivity contribution in [3.05, 3.63) is 29.8 Å². The summed E-state index contributed by atoms with van der Waals surface area (Å²) < 4.78 is 0. The molecule has 1 N–H and O–H groups in total. The molecule has 0 spiro atoms. The van der Waals surface area contributed by atoms with E-state index in [4.69, 9.17) is 0 Å². The smallest absolute Gasteiger partial charge is 0.0366 e. The molecule has 0 aliphatic carbocycles. The molecule has 1 atom stereocenters. The van der Waals surface area contributed by atoms with Gasteiger partial charge in [0, 0.05) is 19.3 Å². The molecule has 1 aromatic rings. The van der Waals surface area contributed by atoms with Gasteiger partial charge in [0.2, 0.25) is 0 Å². The average molecular weight is 220 g/mol. The summed E-state index contributed by atoms with van der Waals surface area (Å²) >= 11 is 0. The minimum Gasteiger partial charge on any atom is -0.374 e. The monoisotopic (exact) mass is 220 g/mol. The molecule has 0 aliphatic heterocycles. The van der Waals surface area contributed by atoms with Crippen LogP contribution in [0, 0.1) is 12.8 Å². The highest BCUT2D eigenvalue weighted by molar-refractivity contribution is 5.47. The molecule has 1 unspecified atom stereocenters. The van der Waals surface area contributed by atoms with Crippen LogP contribution < -0.4 is 10.2 Å². The molecule has 0 saturated carbocycles. The second kappa shape index (κ2) is 6.54. The lowest BCUT2D eigenvalue weighted by atomic mass is 10.1. The summed E-state index contributed by atoms with van der Waals surface area (Å²) in [5.74, 6) is 0.718. The van der Waals surface area contributed by atoms with Gasteiger partial charge in [0.1, 0.15) is 0 Å². The SMILES string of the molecule is CCC(CNC)CN(C)c1cccc(C)c1. The molecule has 0 bridgehead atoms. The van der Waals surface area contributed by atoms with Crippen LogP contribution in [-0.4, -0.2) is 27.2 Å². The molecule has 0 aliphatic rings. The van der Waals surface area contributed by atoms with E-state index in [1.54, 1.807) is 0 Å². The largest absolute Gasteiger partial charge is 0.374 e. The Hall–Kier alpha value is -1.02. The molecule has 0 saturated heterocycles. The summed E-state index contributed by atoms with van der Waals surface area (Å²) in [6, 6.07) is 8.69. The fourth-order valence-corrected chi connectivity index (χ4v) is 1.98. The summed E-state index contributed by atoms with van der Waals surface area (Å²) in [7, 11) is 4.20. The van der Waals surface area contributed by atoms with Gasteiger partial charge in [-0.25, -0.2) is 0 Å². The Balaban J connectivity index is 2.60.